The maximum Gasteiger partial charge on any atom is 0.412 e. The predicted octanol–water partition coefficient (Wildman–Crippen LogP) is 6.62. The highest BCUT2D eigenvalue weighted by Crippen LogP contribution is 2.40. The lowest BCUT2D eigenvalue weighted by molar-refractivity contribution is -0.111. The number of phenolic OH excluding ortho intramolecular Hbond substituents is 1. The van der Waals surface area contributed by atoms with Crippen LogP contribution in [0.2, 0.25) is 0 Å². The monoisotopic (exact) mass is 587 g/mol. The van der Waals surface area contributed by atoms with Crippen LogP contribution in [0.5, 0.6) is 5.75 Å². The summed E-state index contributed by atoms with van der Waals surface area (Å²) in [5, 5.41) is 16.0. The molecule has 0 radical (unpaired) electrons. The van der Waals surface area contributed by atoms with E-state index in [2.05, 4.69) is 42.5 Å². The van der Waals surface area contributed by atoms with Crippen molar-refractivity contribution in [2.24, 2.45) is 5.92 Å². The van der Waals surface area contributed by atoms with Crippen molar-refractivity contribution in [3.8, 4) is 5.75 Å². The first-order chi connectivity index (χ1) is 16.2. The molecule has 0 aliphatic rings. The second-order valence-electron chi connectivity index (χ2n) is 7.44. The maximum absolute atomic E-state index is 12.6. The van der Waals surface area contributed by atoms with Gasteiger partial charge in [-0.25, -0.2) is 4.79 Å². The molecule has 0 aliphatic carbocycles. The Labute approximate surface area is 214 Å². The molecule has 5 N–H and O–H groups in total. The number of nitrogens with one attached hydrogen (secondary N) is 2. The highest BCUT2D eigenvalue weighted by atomic mass is 79.9. The van der Waals surface area contributed by atoms with E-state index in [1.807, 2.05) is 6.07 Å². The lowest BCUT2D eigenvalue weighted by atomic mass is 9.96. The standard InChI is InChI=1S/C25H23Br2N3O4/c1-15(11-12-22(31)30-21-10-6-5-9-20(21)28)24(18-13-16(26)14-19(27)23(18)32)34-25(33)29-17-7-3-2-4-8-17/h2-15,24,32H,28H2,1H3,(H,29,33)(H,30,31)/b12-11+/t15-,24-/m1/s1. The first kappa shape index (κ1) is 25.3. The summed E-state index contributed by atoms with van der Waals surface area (Å²) in [5.74, 6) is -0.938. The van der Waals surface area contributed by atoms with E-state index in [4.69, 9.17) is 10.5 Å². The van der Waals surface area contributed by atoms with Gasteiger partial charge in [0.15, 0.2) is 0 Å². The third-order valence-corrected chi connectivity index (χ3v) is 5.93. The van der Waals surface area contributed by atoms with E-state index in [0.29, 0.717) is 31.6 Å². The molecule has 2 atom stereocenters. The van der Waals surface area contributed by atoms with Crippen molar-refractivity contribution in [1.29, 1.82) is 0 Å². The average Bonchev–Trinajstić information content (AvgIpc) is 2.80. The van der Waals surface area contributed by atoms with Gasteiger partial charge in [-0.2, -0.15) is 0 Å². The highest BCUT2D eigenvalue weighted by Gasteiger charge is 2.27. The lowest BCUT2D eigenvalue weighted by Crippen LogP contribution is -2.21. The van der Waals surface area contributed by atoms with Gasteiger partial charge >= 0.3 is 6.09 Å². The molecule has 7 nitrogen and oxygen atoms in total. The molecule has 176 valence electrons. The van der Waals surface area contributed by atoms with Crippen molar-refractivity contribution < 1.29 is 19.4 Å². The first-order valence-corrected chi connectivity index (χ1v) is 11.9. The number of hydrogen-bond acceptors (Lipinski definition) is 5. The van der Waals surface area contributed by atoms with Gasteiger partial charge < -0.3 is 20.9 Å². The van der Waals surface area contributed by atoms with Crippen LogP contribution in [0.15, 0.2) is 87.8 Å². The van der Waals surface area contributed by atoms with Gasteiger partial charge in [0.1, 0.15) is 11.9 Å². The Balaban J connectivity index is 1.82. The van der Waals surface area contributed by atoms with Crippen LogP contribution >= 0.6 is 31.9 Å². The molecule has 9 heteroatoms. The number of para-hydroxylation sites is 3. The van der Waals surface area contributed by atoms with Crippen LogP contribution in [0.1, 0.15) is 18.6 Å². The van der Waals surface area contributed by atoms with Crippen LogP contribution in [0.4, 0.5) is 21.9 Å². The molecule has 0 saturated carbocycles. The number of ether oxygens (including phenoxy) is 1. The van der Waals surface area contributed by atoms with Crippen molar-refractivity contribution in [3.63, 3.8) is 0 Å². The highest BCUT2D eigenvalue weighted by molar-refractivity contribution is 9.11. The molecule has 0 heterocycles. The molecule has 0 unspecified atom stereocenters. The number of aromatic hydroxyl groups is 1. The summed E-state index contributed by atoms with van der Waals surface area (Å²) < 4.78 is 6.82. The van der Waals surface area contributed by atoms with E-state index >= 15 is 0 Å². The van der Waals surface area contributed by atoms with Crippen molar-refractivity contribution in [1.82, 2.24) is 0 Å². The number of nitrogens with two attached hydrogens (primary N) is 1. The Morgan fingerprint density at radius 3 is 2.41 bits per heavy atom. The van der Waals surface area contributed by atoms with E-state index in [0.717, 1.165) is 0 Å². The molecule has 0 spiro atoms. The Morgan fingerprint density at radius 1 is 1.03 bits per heavy atom. The van der Waals surface area contributed by atoms with Gasteiger partial charge in [-0.15, -0.1) is 0 Å². The number of carbonyl (C=O) groups is 2. The summed E-state index contributed by atoms with van der Waals surface area (Å²) in [5.41, 5.74) is 7.74. The van der Waals surface area contributed by atoms with Crippen LogP contribution in [0.3, 0.4) is 0 Å². The molecule has 2 amide bonds. The van der Waals surface area contributed by atoms with Gasteiger partial charge in [0, 0.05) is 21.6 Å². The van der Waals surface area contributed by atoms with Gasteiger partial charge in [0.25, 0.3) is 0 Å². The van der Waals surface area contributed by atoms with E-state index in [1.165, 1.54) is 6.08 Å². The molecule has 0 bridgehead atoms. The zero-order chi connectivity index (χ0) is 24.7. The zero-order valence-electron chi connectivity index (χ0n) is 18.2. The van der Waals surface area contributed by atoms with Gasteiger partial charge in [0.2, 0.25) is 5.91 Å². The molecule has 0 aliphatic heterocycles. The van der Waals surface area contributed by atoms with E-state index < -0.39 is 24.0 Å². The number of rotatable bonds is 7. The summed E-state index contributed by atoms with van der Waals surface area (Å²) in [4.78, 5) is 25.1. The molecule has 0 saturated heterocycles. The van der Waals surface area contributed by atoms with Crippen LogP contribution < -0.4 is 16.4 Å². The number of hydrogen-bond donors (Lipinski definition) is 4. The number of nitrogen functional groups attached to an aromatic ring is 1. The van der Waals surface area contributed by atoms with Crippen molar-refractivity contribution >= 4 is 60.9 Å². The number of phenols is 1. The minimum absolute atomic E-state index is 0.0672. The van der Waals surface area contributed by atoms with Crippen molar-refractivity contribution in [2.45, 2.75) is 13.0 Å². The predicted molar refractivity (Wildman–Crippen MR) is 141 cm³/mol. The van der Waals surface area contributed by atoms with E-state index in [9.17, 15) is 14.7 Å². The largest absolute Gasteiger partial charge is 0.506 e. The minimum Gasteiger partial charge on any atom is -0.506 e. The molecule has 0 fully saturated rings. The van der Waals surface area contributed by atoms with Gasteiger partial charge in [0.05, 0.1) is 15.8 Å². The quantitative estimate of drug-likeness (QED) is 0.183. The fourth-order valence-electron chi connectivity index (χ4n) is 3.17. The van der Waals surface area contributed by atoms with E-state index in [-0.39, 0.29) is 5.75 Å². The van der Waals surface area contributed by atoms with Crippen molar-refractivity contribution in [3.05, 3.63) is 93.4 Å². The third-order valence-electron chi connectivity index (χ3n) is 4.87. The summed E-state index contributed by atoms with van der Waals surface area (Å²) in [6.07, 6.45) is 1.34. The fourth-order valence-corrected chi connectivity index (χ4v) is 4.42. The smallest absolute Gasteiger partial charge is 0.412 e. The Morgan fingerprint density at radius 2 is 1.71 bits per heavy atom. The SMILES string of the molecule is C[C@H](/C=C/C(=O)Nc1ccccc1N)[C@@H](OC(=O)Nc1ccccc1)c1cc(Br)cc(Br)c1O. The molecule has 3 aromatic rings. The van der Waals surface area contributed by atoms with Gasteiger partial charge in [-0.3, -0.25) is 10.1 Å². The normalized spacial score (nSPS) is 12.7. The molecular formula is C25H23Br2N3O4. The third kappa shape index (κ3) is 6.85. The fraction of sp³-hybridized carbons (Fsp3) is 0.120. The van der Waals surface area contributed by atoms with Gasteiger partial charge in [-0.05, 0) is 58.4 Å². The molecule has 3 rings (SSSR count). The van der Waals surface area contributed by atoms with Gasteiger partial charge in [-0.1, -0.05) is 59.3 Å². The number of amides is 2. The second kappa shape index (κ2) is 11.7. The Kier molecular flexibility index (Phi) is 8.72. The van der Waals surface area contributed by atoms with Crippen LogP contribution in [0.25, 0.3) is 0 Å². The summed E-state index contributed by atoms with van der Waals surface area (Å²) in [6.45, 7) is 1.77. The minimum atomic E-state index is -0.900. The summed E-state index contributed by atoms with van der Waals surface area (Å²) >= 11 is 6.71. The Bertz CT molecular complexity index is 1200. The van der Waals surface area contributed by atoms with Crippen molar-refractivity contribution in [2.75, 3.05) is 16.4 Å². The van der Waals surface area contributed by atoms with Crippen LogP contribution in [-0.2, 0) is 9.53 Å². The molecule has 0 aromatic heterocycles. The van der Waals surface area contributed by atoms with E-state index in [1.54, 1.807) is 73.7 Å². The molecule has 3 aromatic carbocycles. The number of benzene rings is 3. The number of anilines is 3. The maximum atomic E-state index is 12.6. The zero-order valence-corrected chi connectivity index (χ0v) is 21.3. The summed E-state index contributed by atoms with van der Waals surface area (Å²) in [7, 11) is 0. The summed E-state index contributed by atoms with van der Waals surface area (Å²) in [6, 6.07) is 19.1. The first-order valence-electron chi connectivity index (χ1n) is 10.3. The number of carbonyl (C=O) groups excluding carboxylic acids is 2. The topological polar surface area (TPSA) is 114 Å². The second-order valence-corrected chi connectivity index (χ2v) is 9.21. The average molecular weight is 589 g/mol. The Hall–Kier alpha value is -3.30. The number of halogens is 2. The van der Waals surface area contributed by atoms with Crippen LogP contribution in [-0.4, -0.2) is 17.1 Å². The van der Waals surface area contributed by atoms with Crippen LogP contribution in [0, 0.1) is 5.92 Å². The lowest BCUT2D eigenvalue weighted by Gasteiger charge is -2.24. The molecular weight excluding hydrogens is 566 g/mol. The molecule has 34 heavy (non-hydrogen) atoms.